The van der Waals surface area contributed by atoms with Crippen LogP contribution in [0, 0.1) is 6.92 Å². The zero-order valence-electron chi connectivity index (χ0n) is 19.1. The molecule has 1 aliphatic carbocycles. The summed E-state index contributed by atoms with van der Waals surface area (Å²) >= 11 is 0. The molecule has 2 aromatic rings. The first-order valence-electron chi connectivity index (χ1n) is 11.7. The average Bonchev–Trinajstić information content (AvgIpc) is 2.78. The molecular formula is C28H36O3. The van der Waals surface area contributed by atoms with Gasteiger partial charge in [0.2, 0.25) is 0 Å². The molecule has 3 heteroatoms. The van der Waals surface area contributed by atoms with Crippen LogP contribution in [0.3, 0.4) is 0 Å². The lowest BCUT2D eigenvalue weighted by atomic mass is 9.82. The Balaban J connectivity index is 1.81. The van der Waals surface area contributed by atoms with Gasteiger partial charge in [0.1, 0.15) is 0 Å². The van der Waals surface area contributed by atoms with E-state index in [0.29, 0.717) is 24.5 Å². The molecule has 1 saturated carbocycles. The topological polar surface area (TPSA) is 46.5 Å². The second-order valence-corrected chi connectivity index (χ2v) is 8.89. The van der Waals surface area contributed by atoms with Gasteiger partial charge >= 0.3 is 5.97 Å². The number of carbonyl (C=O) groups is 1. The van der Waals surface area contributed by atoms with Gasteiger partial charge in [-0.3, -0.25) is 0 Å². The van der Waals surface area contributed by atoms with Crippen molar-refractivity contribution in [3.63, 3.8) is 0 Å². The van der Waals surface area contributed by atoms with Crippen LogP contribution in [0.4, 0.5) is 0 Å². The van der Waals surface area contributed by atoms with Crippen LogP contribution in [0.2, 0.25) is 0 Å². The second-order valence-electron chi connectivity index (χ2n) is 8.89. The Hall–Kier alpha value is -2.39. The number of benzene rings is 2. The Morgan fingerprint density at radius 1 is 1.06 bits per heavy atom. The predicted octanol–water partition coefficient (Wildman–Crippen LogP) is 6.30. The van der Waals surface area contributed by atoms with Crippen LogP contribution in [0.5, 0.6) is 0 Å². The maximum atomic E-state index is 11.7. The summed E-state index contributed by atoms with van der Waals surface area (Å²) in [4.78, 5) is 11.7. The number of carbonyl (C=O) groups excluding carboxylic acids is 1. The van der Waals surface area contributed by atoms with Crippen molar-refractivity contribution in [3.05, 3.63) is 70.8 Å². The number of hydrogen-bond acceptors (Lipinski definition) is 3. The molecule has 0 aromatic heterocycles. The zero-order chi connectivity index (χ0) is 22.2. The largest absolute Gasteiger partial charge is 0.462 e. The Labute approximate surface area is 187 Å². The van der Waals surface area contributed by atoms with Gasteiger partial charge < -0.3 is 9.84 Å². The summed E-state index contributed by atoms with van der Waals surface area (Å²) in [5.74, 6) is 0.364. The summed E-state index contributed by atoms with van der Waals surface area (Å²) in [6.45, 7) is 8.02. The lowest BCUT2D eigenvalue weighted by Gasteiger charge is -2.23. The van der Waals surface area contributed by atoms with Gasteiger partial charge in [-0.1, -0.05) is 62.2 Å². The molecule has 0 spiro atoms. The average molecular weight is 421 g/mol. The van der Waals surface area contributed by atoms with Crippen LogP contribution in [0.25, 0.3) is 11.1 Å². The third-order valence-corrected chi connectivity index (χ3v) is 6.40. The lowest BCUT2D eigenvalue weighted by molar-refractivity contribution is -0.138. The second kappa shape index (κ2) is 11.3. The van der Waals surface area contributed by atoms with Gasteiger partial charge in [0.05, 0.1) is 6.61 Å². The fourth-order valence-electron chi connectivity index (χ4n) is 4.62. The summed E-state index contributed by atoms with van der Waals surface area (Å²) in [5, 5.41) is 9.25. The van der Waals surface area contributed by atoms with E-state index >= 15 is 0 Å². The highest BCUT2D eigenvalue weighted by atomic mass is 16.5. The molecule has 0 heterocycles. The lowest BCUT2D eigenvalue weighted by Crippen LogP contribution is -2.09. The number of esters is 1. The fourth-order valence-corrected chi connectivity index (χ4v) is 4.62. The molecular weight excluding hydrogens is 384 g/mol. The normalized spacial score (nSPS) is 14.4. The number of aliphatic hydroxyl groups is 1. The van der Waals surface area contributed by atoms with E-state index in [9.17, 15) is 9.90 Å². The molecule has 1 fully saturated rings. The molecule has 0 unspecified atom stereocenters. The summed E-state index contributed by atoms with van der Waals surface area (Å²) in [6, 6.07) is 13.5. The summed E-state index contributed by atoms with van der Waals surface area (Å²) < 4.78 is 5.33. The van der Waals surface area contributed by atoms with E-state index in [4.69, 9.17) is 4.74 Å². The standard InChI is InChI=1S/C28H36O3/c1-20(2)28(30)31-17-15-25-19-26(12-11-23(25)10-7-16-29)27-14-13-24(18-21(27)3)22-8-5-4-6-9-22/h11-14,18-19,22,29H,1,4-10,15-17H2,2-3H3. The maximum absolute atomic E-state index is 11.7. The number of ether oxygens (including phenoxy) is 1. The molecule has 1 N–H and O–H groups in total. The minimum Gasteiger partial charge on any atom is -0.462 e. The number of aliphatic hydroxyl groups excluding tert-OH is 1. The third kappa shape index (κ3) is 6.30. The van der Waals surface area contributed by atoms with Gasteiger partial charge in [-0.25, -0.2) is 4.79 Å². The highest BCUT2D eigenvalue weighted by Crippen LogP contribution is 2.35. The molecule has 3 nitrogen and oxygen atoms in total. The molecule has 0 amide bonds. The first kappa shape index (κ1) is 23.3. The Kier molecular flexibility index (Phi) is 8.48. The predicted molar refractivity (Wildman–Crippen MR) is 127 cm³/mol. The van der Waals surface area contributed by atoms with Crippen LogP contribution in [-0.4, -0.2) is 24.3 Å². The Morgan fingerprint density at radius 3 is 2.52 bits per heavy atom. The highest BCUT2D eigenvalue weighted by molar-refractivity contribution is 5.86. The molecule has 0 atom stereocenters. The molecule has 0 bridgehead atoms. The van der Waals surface area contributed by atoms with Crippen LogP contribution in [0.15, 0.2) is 48.6 Å². The van der Waals surface area contributed by atoms with E-state index in [-0.39, 0.29) is 12.6 Å². The van der Waals surface area contributed by atoms with Crippen molar-refractivity contribution in [1.82, 2.24) is 0 Å². The maximum Gasteiger partial charge on any atom is 0.333 e. The monoisotopic (exact) mass is 420 g/mol. The summed E-state index contributed by atoms with van der Waals surface area (Å²) in [7, 11) is 0. The van der Waals surface area contributed by atoms with Crippen LogP contribution < -0.4 is 0 Å². The summed E-state index contributed by atoms with van der Waals surface area (Å²) in [6.07, 6.45) is 8.90. The molecule has 1 aliphatic rings. The molecule has 0 saturated heterocycles. The smallest absolute Gasteiger partial charge is 0.333 e. The van der Waals surface area contributed by atoms with Gasteiger partial charge in [-0.15, -0.1) is 0 Å². The van der Waals surface area contributed by atoms with Crippen molar-refractivity contribution in [2.75, 3.05) is 13.2 Å². The van der Waals surface area contributed by atoms with Crippen molar-refractivity contribution in [2.24, 2.45) is 0 Å². The zero-order valence-corrected chi connectivity index (χ0v) is 19.1. The summed E-state index contributed by atoms with van der Waals surface area (Å²) in [5.41, 5.74) is 8.05. The minimum absolute atomic E-state index is 0.174. The van der Waals surface area contributed by atoms with Crippen LogP contribution >= 0.6 is 0 Å². The molecule has 0 radical (unpaired) electrons. The minimum atomic E-state index is -0.345. The van der Waals surface area contributed by atoms with Gasteiger partial charge in [0.25, 0.3) is 0 Å². The van der Waals surface area contributed by atoms with Gasteiger partial charge in [0.15, 0.2) is 0 Å². The van der Waals surface area contributed by atoms with E-state index in [0.717, 1.165) is 12.8 Å². The molecule has 2 aromatic carbocycles. The van der Waals surface area contributed by atoms with E-state index < -0.39 is 0 Å². The van der Waals surface area contributed by atoms with Gasteiger partial charge in [-0.2, -0.15) is 0 Å². The van der Waals surface area contributed by atoms with Crippen molar-refractivity contribution in [2.45, 2.75) is 71.1 Å². The SMILES string of the molecule is C=C(C)C(=O)OCCc1cc(-c2ccc(C3CCCCC3)cc2C)ccc1CCCO. The molecule has 31 heavy (non-hydrogen) atoms. The number of rotatable bonds is 9. The number of hydrogen-bond donors (Lipinski definition) is 1. The van der Waals surface area contributed by atoms with Crippen molar-refractivity contribution >= 4 is 5.97 Å². The highest BCUT2D eigenvalue weighted by Gasteiger charge is 2.17. The van der Waals surface area contributed by atoms with E-state index in [1.165, 1.54) is 65.5 Å². The van der Waals surface area contributed by atoms with E-state index in [2.05, 4.69) is 49.9 Å². The third-order valence-electron chi connectivity index (χ3n) is 6.40. The molecule has 3 rings (SSSR count). The quantitative estimate of drug-likeness (QED) is 0.383. The first-order valence-corrected chi connectivity index (χ1v) is 11.7. The van der Waals surface area contributed by atoms with E-state index in [1.54, 1.807) is 6.92 Å². The Bertz CT molecular complexity index is 906. The van der Waals surface area contributed by atoms with Gasteiger partial charge in [-0.05, 0) is 78.8 Å². The van der Waals surface area contributed by atoms with Gasteiger partial charge in [0, 0.05) is 18.6 Å². The van der Waals surface area contributed by atoms with Crippen LogP contribution in [-0.2, 0) is 22.4 Å². The fraction of sp³-hybridized carbons (Fsp3) is 0.464. The number of aryl methyl sites for hydroxylation is 2. The Morgan fingerprint density at radius 2 is 1.84 bits per heavy atom. The van der Waals surface area contributed by atoms with Crippen molar-refractivity contribution < 1.29 is 14.6 Å². The van der Waals surface area contributed by atoms with Crippen molar-refractivity contribution in [1.29, 1.82) is 0 Å². The molecule has 166 valence electrons. The van der Waals surface area contributed by atoms with Crippen molar-refractivity contribution in [3.8, 4) is 11.1 Å². The van der Waals surface area contributed by atoms with Crippen LogP contribution in [0.1, 0.15) is 73.6 Å². The first-order chi connectivity index (χ1) is 15.0. The molecule has 0 aliphatic heterocycles. The van der Waals surface area contributed by atoms with E-state index in [1.807, 2.05) is 0 Å².